The number of hydrogen-bond acceptors (Lipinski definition) is 4. The lowest BCUT2D eigenvalue weighted by molar-refractivity contribution is -0.874. The van der Waals surface area contributed by atoms with E-state index in [1.165, 1.54) is 141 Å². The van der Waals surface area contributed by atoms with Gasteiger partial charge < -0.3 is 19.4 Å². The lowest BCUT2D eigenvalue weighted by Gasteiger charge is -2.34. The van der Waals surface area contributed by atoms with Crippen LogP contribution >= 0.6 is 0 Å². The van der Waals surface area contributed by atoms with Crippen molar-refractivity contribution in [1.82, 2.24) is 0 Å². The number of aliphatic hydroxyl groups excluding tert-OH is 2. The van der Waals surface area contributed by atoms with E-state index >= 15 is 0 Å². The Balaban J connectivity index is 4.54. The fraction of sp³-hybridized carbons (Fsp3) is 0.929. The van der Waals surface area contributed by atoms with Crippen molar-refractivity contribution in [3.05, 3.63) is 12.2 Å². The van der Waals surface area contributed by atoms with Crippen LogP contribution in [0.2, 0.25) is 0 Å². The first-order valence-electron chi connectivity index (χ1n) is 20.6. The van der Waals surface area contributed by atoms with Crippen molar-refractivity contribution in [1.29, 1.82) is 0 Å². The molecule has 0 rings (SSSR count). The van der Waals surface area contributed by atoms with Gasteiger partial charge in [0.15, 0.2) is 0 Å². The standard InChI is InChI=1S/C42H84NO4/c1-6-8-10-12-14-16-18-20-22-23-25-27-29-31-33-39(42(36-43(3,4)5)47-38-41(46)37-44)35-40(45)34-32-30-28-26-24-21-19-17-15-13-11-9-7-2/h20,22,39,41-42,44,46H,6-19,21,23-38H2,1-5H3/q+1/b22-20-. The van der Waals surface area contributed by atoms with Crippen LogP contribution in [0.5, 0.6) is 0 Å². The quantitative estimate of drug-likeness (QED) is 0.0393. The minimum atomic E-state index is -0.874. The van der Waals surface area contributed by atoms with Crippen molar-refractivity contribution in [3.63, 3.8) is 0 Å². The number of quaternary nitrogens is 1. The number of rotatable bonds is 37. The molecule has 0 aliphatic rings. The average Bonchev–Trinajstić information content (AvgIpc) is 3.04. The monoisotopic (exact) mass is 667 g/mol. The van der Waals surface area contributed by atoms with Gasteiger partial charge in [0.05, 0.1) is 34.4 Å². The summed E-state index contributed by atoms with van der Waals surface area (Å²) in [6.07, 6.45) is 38.4. The predicted octanol–water partition coefficient (Wildman–Crippen LogP) is 11.1. The molecule has 0 aliphatic heterocycles. The Morgan fingerprint density at radius 2 is 1.06 bits per heavy atom. The molecule has 0 aromatic heterocycles. The van der Waals surface area contributed by atoms with Gasteiger partial charge in [-0.25, -0.2) is 0 Å². The van der Waals surface area contributed by atoms with Crippen molar-refractivity contribution < 1.29 is 24.2 Å². The first-order chi connectivity index (χ1) is 22.7. The fourth-order valence-electron chi connectivity index (χ4n) is 6.62. The van der Waals surface area contributed by atoms with Crippen molar-refractivity contribution in [2.24, 2.45) is 5.92 Å². The molecule has 0 fully saturated rings. The number of likely N-dealkylation sites (N-methyl/N-ethyl adjacent to an activating group) is 1. The minimum absolute atomic E-state index is 0.100. The van der Waals surface area contributed by atoms with E-state index in [0.717, 1.165) is 36.7 Å². The van der Waals surface area contributed by atoms with Crippen LogP contribution in [0.15, 0.2) is 12.2 Å². The number of carbonyl (C=O) groups is 1. The van der Waals surface area contributed by atoms with Crippen molar-refractivity contribution >= 4 is 5.78 Å². The molecule has 0 aromatic carbocycles. The number of ether oxygens (including phenoxy) is 1. The van der Waals surface area contributed by atoms with Gasteiger partial charge in [-0.2, -0.15) is 0 Å². The SMILES string of the molecule is CCCCCCCC/C=C\CCCCCCC(CC(=O)CCCCCCCCCCCCCCC)C(C[N+](C)(C)C)OCC(O)CO. The lowest BCUT2D eigenvalue weighted by atomic mass is 9.88. The Kier molecular flexibility index (Phi) is 33.2. The molecule has 2 N–H and O–H groups in total. The number of Topliss-reactive ketones (excluding diaryl/α,β-unsaturated/α-hetero) is 1. The summed E-state index contributed by atoms with van der Waals surface area (Å²) in [6.45, 7) is 5.16. The summed E-state index contributed by atoms with van der Waals surface area (Å²) in [6, 6.07) is 0. The maximum absolute atomic E-state index is 13.2. The number of aliphatic hydroxyl groups is 2. The summed E-state index contributed by atoms with van der Waals surface area (Å²) in [7, 11) is 6.47. The van der Waals surface area contributed by atoms with Crippen LogP contribution in [0, 0.1) is 5.92 Å². The molecule has 0 saturated carbocycles. The smallest absolute Gasteiger partial charge is 0.133 e. The minimum Gasteiger partial charge on any atom is -0.394 e. The van der Waals surface area contributed by atoms with Gasteiger partial charge in [-0.05, 0) is 44.4 Å². The van der Waals surface area contributed by atoms with Crippen LogP contribution in [0.1, 0.15) is 194 Å². The second-order valence-corrected chi connectivity index (χ2v) is 15.7. The molecular formula is C42H84NO4+. The van der Waals surface area contributed by atoms with Gasteiger partial charge in [-0.1, -0.05) is 154 Å². The van der Waals surface area contributed by atoms with E-state index in [-0.39, 0.29) is 25.2 Å². The van der Waals surface area contributed by atoms with Crippen LogP contribution in [-0.2, 0) is 9.53 Å². The Hall–Kier alpha value is -0.750. The van der Waals surface area contributed by atoms with Gasteiger partial charge in [0.25, 0.3) is 0 Å². The van der Waals surface area contributed by atoms with Gasteiger partial charge in [-0.3, -0.25) is 4.79 Å². The molecule has 0 aliphatic carbocycles. The molecule has 0 amide bonds. The predicted molar refractivity (Wildman–Crippen MR) is 204 cm³/mol. The Labute approximate surface area is 294 Å². The van der Waals surface area contributed by atoms with Gasteiger partial charge in [-0.15, -0.1) is 0 Å². The highest BCUT2D eigenvalue weighted by Crippen LogP contribution is 2.25. The van der Waals surface area contributed by atoms with E-state index in [9.17, 15) is 15.0 Å². The second-order valence-electron chi connectivity index (χ2n) is 15.7. The normalized spacial score (nSPS) is 14.2. The molecule has 0 aromatic rings. The molecule has 5 heteroatoms. The number of allylic oxidation sites excluding steroid dienone is 2. The third kappa shape index (κ3) is 33.5. The number of ketones is 1. The van der Waals surface area contributed by atoms with E-state index < -0.39 is 6.10 Å². The topological polar surface area (TPSA) is 66.8 Å². The second kappa shape index (κ2) is 33.7. The van der Waals surface area contributed by atoms with Crippen LogP contribution in [0.25, 0.3) is 0 Å². The lowest BCUT2D eigenvalue weighted by Crippen LogP contribution is -2.46. The molecule has 3 unspecified atom stereocenters. The molecular weight excluding hydrogens is 582 g/mol. The molecule has 47 heavy (non-hydrogen) atoms. The number of carbonyl (C=O) groups excluding carboxylic acids is 1. The maximum Gasteiger partial charge on any atom is 0.133 e. The fourth-order valence-corrected chi connectivity index (χ4v) is 6.62. The third-order valence-corrected chi connectivity index (χ3v) is 9.60. The Bertz CT molecular complexity index is 689. The van der Waals surface area contributed by atoms with Gasteiger partial charge in [0.2, 0.25) is 0 Å². The highest BCUT2D eigenvalue weighted by molar-refractivity contribution is 5.78. The maximum atomic E-state index is 13.2. The number of unbranched alkanes of at least 4 members (excludes halogenated alkanes) is 22. The van der Waals surface area contributed by atoms with Crippen LogP contribution in [-0.4, -0.2) is 73.6 Å². The summed E-state index contributed by atoms with van der Waals surface area (Å²) in [5.41, 5.74) is 0. The summed E-state index contributed by atoms with van der Waals surface area (Å²) in [4.78, 5) is 13.2. The van der Waals surface area contributed by atoms with Crippen LogP contribution < -0.4 is 0 Å². The van der Waals surface area contributed by atoms with E-state index in [0.29, 0.717) is 18.6 Å². The molecule has 280 valence electrons. The third-order valence-electron chi connectivity index (χ3n) is 9.60. The van der Waals surface area contributed by atoms with Crippen molar-refractivity contribution in [2.75, 3.05) is 40.9 Å². The first kappa shape index (κ1) is 46.2. The molecule has 0 saturated heterocycles. The largest absolute Gasteiger partial charge is 0.394 e. The summed E-state index contributed by atoms with van der Waals surface area (Å²) in [5, 5.41) is 19.4. The zero-order valence-corrected chi connectivity index (χ0v) is 32.5. The zero-order chi connectivity index (χ0) is 34.9. The highest BCUT2D eigenvalue weighted by atomic mass is 16.5. The van der Waals surface area contributed by atoms with Crippen LogP contribution in [0.4, 0.5) is 0 Å². The molecule has 0 radical (unpaired) electrons. The molecule has 3 atom stereocenters. The van der Waals surface area contributed by atoms with E-state index in [4.69, 9.17) is 4.74 Å². The van der Waals surface area contributed by atoms with Crippen molar-refractivity contribution in [3.8, 4) is 0 Å². The number of nitrogens with zero attached hydrogens (tertiary/aromatic N) is 1. The summed E-state index contributed by atoms with van der Waals surface area (Å²) < 4.78 is 6.98. The summed E-state index contributed by atoms with van der Waals surface area (Å²) >= 11 is 0. The van der Waals surface area contributed by atoms with E-state index in [1.54, 1.807) is 0 Å². The Morgan fingerprint density at radius 1 is 0.638 bits per heavy atom. The molecule has 0 spiro atoms. The molecule has 5 nitrogen and oxygen atoms in total. The molecule has 0 heterocycles. The van der Waals surface area contributed by atoms with Crippen molar-refractivity contribution in [2.45, 2.75) is 206 Å². The molecule has 0 bridgehead atoms. The number of hydrogen-bond donors (Lipinski definition) is 2. The van der Waals surface area contributed by atoms with Gasteiger partial charge in [0.1, 0.15) is 24.5 Å². The average molecular weight is 667 g/mol. The zero-order valence-electron chi connectivity index (χ0n) is 32.5. The first-order valence-corrected chi connectivity index (χ1v) is 20.6. The van der Waals surface area contributed by atoms with E-state index in [1.807, 2.05) is 0 Å². The summed E-state index contributed by atoms with van der Waals surface area (Å²) in [5.74, 6) is 0.524. The van der Waals surface area contributed by atoms with Crippen LogP contribution in [0.3, 0.4) is 0 Å². The van der Waals surface area contributed by atoms with Gasteiger partial charge >= 0.3 is 0 Å². The van der Waals surface area contributed by atoms with E-state index in [2.05, 4.69) is 47.1 Å². The van der Waals surface area contributed by atoms with Gasteiger partial charge in [0, 0.05) is 12.8 Å². The highest BCUT2D eigenvalue weighted by Gasteiger charge is 2.30. The Morgan fingerprint density at radius 3 is 1.51 bits per heavy atom.